The highest BCUT2D eigenvalue weighted by atomic mass is 16.3. The van der Waals surface area contributed by atoms with Crippen LogP contribution in [0.15, 0.2) is 11.8 Å². The number of urea groups is 1. The Labute approximate surface area is 110 Å². The number of nitrogens with zero attached hydrogens (tertiary/aromatic N) is 2. The summed E-state index contributed by atoms with van der Waals surface area (Å²) in [5.41, 5.74) is -0.503. The first-order chi connectivity index (χ1) is 9.02. The molecule has 4 rings (SSSR count). The van der Waals surface area contributed by atoms with E-state index in [1.807, 2.05) is 6.08 Å². The van der Waals surface area contributed by atoms with Crippen molar-refractivity contribution in [1.29, 1.82) is 0 Å². The molecule has 0 radical (unpaired) electrons. The third kappa shape index (κ3) is 1.16. The van der Waals surface area contributed by atoms with Crippen LogP contribution in [0.25, 0.3) is 0 Å². The van der Waals surface area contributed by atoms with Gasteiger partial charge >= 0.3 is 6.03 Å². The van der Waals surface area contributed by atoms with Gasteiger partial charge < -0.3 is 20.6 Å². The van der Waals surface area contributed by atoms with E-state index in [9.17, 15) is 14.7 Å². The topological polar surface area (TPSA) is 84.9 Å². The van der Waals surface area contributed by atoms with Crippen LogP contribution in [0.1, 0.15) is 12.8 Å². The molecule has 1 saturated carbocycles. The molecule has 2 saturated heterocycles. The molecule has 1 aliphatic carbocycles. The van der Waals surface area contributed by atoms with Crippen molar-refractivity contribution in [1.82, 2.24) is 20.4 Å². The van der Waals surface area contributed by atoms with Crippen LogP contribution in [0, 0.1) is 0 Å². The van der Waals surface area contributed by atoms with Gasteiger partial charge in [0.2, 0.25) is 0 Å². The Morgan fingerprint density at radius 3 is 3.00 bits per heavy atom. The first kappa shape index (κ1) is 11.1. The summed E-state index contributed by atoms with van der Waals surface area (Å²) in [6, 6.07) is -0.921. The minimum Gasteiger partial charge on any atom is -0.368 e. The van der Waals surface area contributed by atoms with Crippen LogP contribution in [0.5, 0.6) is 0 Å². The molecule has 0 aromatic rings. The lowest BCUT2D eigenvalue weighted by molar-refractivity contribution is -0.122. The highest BCUT2D eigenvalue weighted by Gasteiger charge is 2.64. The van der Waals surface area contributed by atoms with Gasteiger partial charge in [0.15, 0.2) is 5.72 Å². The molecule has 3 amide bonds. The molecule has 4 atom stereocenters. The molecule has 4 aliphatic rings. The quantitative estimate of drug-likeness (QED) is 0.500. The summed E-state index contributed by atoms with van der Waals surface area (Å²) in [6.45, 7) is 0.810. The molecule has 3 fully saturated rings. The van der Waals surface area contributed by atoms with Gasteiger partial charge in [-0.25, -0.2) is 4.79 Å². The average Bonchev–Trinajstić information content (AvgIpc) is 3.00. The predicted molar refractivity (Wildman–Crippen MR) is 64.8 cm³/mol. The maximum absolute atomic E-state index is 12.0. The molecular formula is C12H16N4O3. The number of carbonyl (C=O) groups is 2. The first-order valence-electron chi connectivity index (χ1n) is 6.57. The van der Waals surface area contributed by atoms with Crippen LogP contribution >= 0.6 is 0 Å². The van der Waals surface area contributed by atoms with Gasteiger partial charge in [0.25, 0.3) is 5.91 Å². The van der Waals surface area contributed by atoms with Crippen molar-refractivity contribution in [3.05, 3.63) is 11.8 Å². The molecule has 3 aliphatic heterocycles. The first-order valence-corrected chi connectivity index (χ1v) is 6.57. The number of amides is 3. The highest BCUT2D eigenvalue weighted by molar-refractivity contribution is 5.95. The van der Waals surface area contributed by atoms with Crippen molar-refractivity contribution < 1.29 is 14.7 Å². The van der Waals surface area contributed by atoms with E-state index >= 15 is 0 Å². The molecule has 7 nitrogen and oxygen atoms in total. The second kappa shape index (κ2) is 3.22. The monoisotopic (exact) mass is 264 g/mol. The number of piperazine rings is 1. The number of nitrogens with one attached hydrogen (secondary N) is 2. The van der Waals surface area contributed by atoms with Gasteiger partial charge in [-0.1, -0.05) is 6.08 Å². The van der Waals surface area contributed by atoms with E-state index in [-0.39, 0.29) is 24.0 Å². The molecule has 0 aromatic heterocycles. The van der Waals surface area contributed by atoms with Crippen molar-refractivity contribution in [2.24, 2.45) is 0 Å². The van der Waals surface area contributed by atoms with E-state index < -0.39 is 11.8 Å². The Bertz CT molecular complexity index is 519. The van der Waals surface area contributed by atoms with Crippen LogP contribution in [0.3, 0.4) is 0 Å². The molecule has 3 heterocycles. The minimum absolute atomic E-state index is 0.0458. The molecule has 0 unspecified atom stereocenters. The lowest BCUT2D eigenvalue weighted by atomic mass is 10.0. The molecule has 0 spiro atoms. The average molecular weight is 264 g/mol. The number of hydrogen-bond donors (Lipinski definition) is 3. The van der Waals surface area contributed by atoms with Crippen molar-refractivity contribution in [2.75, 3.05) is 13.6 Å². The molecule has 3 N–H and O–H groups in total. The zero-order valence-electron chi connectivity index (χ0n) is 10.6. The minimum atomic E-state index is -1.21. The van der Waals surface area contributed by atoms with E-state index in [1.165, 1.54) is 4.90 Å². The molecule has 102 valence electrons. The number of carbonyl (C=O) groups excluding carboxylic acids is 2. The van der Waals surface area contributed by atoms with Crippen molar-refractivity contribution in [3.8, 4) is 0 Å². The molecule has 0 aromatic carbocycles. The third-order valence-electron chi connectivity index (χ3n) is 4.89. The Balaban J connectivity index is 1.73. The Morgan fingerprint density at radius 1 is 1.42 bits per heavy atom. The SMILES string of the molecule is CN1C(=O)N[C@H]2[C@@H]3NC(=O)C4=CCCN4[C@@H]3C[C@]21O. The van der Waals surface area contributed by atoms with E-state index in [1.54, 1.807) is 7.05 Å². The summed E-state index contributed by atoms with van der Waals surface area (Å²) >= 11 is 0. The summed E-state index contributed by atoms with van der Waals surface area (Å²) in [4.78, 5) is 27.2. The van der Waals surface area contributed by atoms with Gasteiger partial charge in [0.1, 0.15) is 6.04 Å². The number of likely N-dealkylation sites (N-methyl/N-ethyl adjacent to an activating group) is 1. The Morgan fingerprint density at radius 2 is 2.21 bits per heavy atom. The largest absolute Gasteiger partial charge is 0.368 e. The van der Waals surface area contributed by atoms with Crippen molar-refractivity contribution in [2.45, 2.75) is 36.7 Å². The standard InChI is InChI=1S/C12H16N4O3/c1-15-11(18)14-9-8-7(5-12(9,15)19)16-4-2-3-6(16)10(17)13-8/h3,7-9,19H,2,4-5H2,1H3,(H,13,17)(H,14,18)/t7-,8-,9+,12+/m1/s1. The fraction of sp³-hybridized carbons (Fsp3) is 0.667. The smallest absolute Gasteiger partial charge is 0.319 e. The van der Waals surface area contributed by atoms with Gasteiger partial charge in [0, 0.05) is 20.0 Å². The summed E-state index contributed by atoms with van der Waals surface area (Å²) in [5, 5.41) is 16.5. The fourth-order valence-electron chi connectivity index (χ4n) is 3.88. The van der Waals surface area contributed by atoms with Gasteiger partial charge in [-0.15, -0.1) is 0 Å². The van der Waals surface area contributed by atoms with Gasteiger partial charge in [-0.05, 0) is 6.42 Å². The number of aliphatic hydroxyl groups is 1. The van der Waals surface area contributed by atoms with E-state index in [0.29, 0.717) is 12.1 Å². The Kier molecular flexibility index (Phi) is 1.88. The molecule has 7 heteroatoms. The van der Waals surface area contributed by atoms with E-state index in [0.717, 1.165) is 13.0 Å². The van der Waals surface area contributed by atoms with Crippen LogP contribution < -0.4 is 10.6 Å². The van der Waals surface area contributed by atoms with Crippen LogP contribution in [0.4, 0.5) is 4.79 Å². The number of rotatable bonds is 0. The summed E-state index contributed by atoms with van der Waals surface area (Å²) in [5.74, 6) is -0.105. The fourth-order valence-corrected chi connectivity index (χ4v) is 3.88. The zero-order chi connectivity index (χ0) is 13.4. The zero-order valence-corrected chi connectivity index (χ0v) is 10.6. The van der Waals surface area contributed by atoms with Gasteiger partial charge in [-0.2, -0.15) is 0 Å². The van der Waals surface area contributed by atoms with Crippen molar-refractivity contribution in [3.63, 3.8) is 0 Å². The highest BCUT2D eigenvalue weighted by Crippen LogP contribution is 2.43. The van der Waals surface area contributed by atoms with Crippen LogP contribution in [-0.2, 0) is 4.79 Å². The number of hydrogen-bond acceptors (Lipinski definition) is 4. The summed E-state index contributed by atoms with van der Waals surface area (Å²) in [6.07, 6.45) is 3.25. The predicted octanol–water partition coefficient (Wildman–Crippen LogP) is -1.44. The summed E-state index contributed by atoms with van der Waals surface area (Å²) < 4.78 is 0. The van der Waals surface area contributed by atoms with E-state index in [4.69, 9.17) is 0 Å². The van der Waals surface area contributed by atoms with Crippen LogP contribution in [0.2, 0.25) is 0 Å². The molecule has 19 heavy (non-hydrogen) atoms. The summed E-state index contributed by atoms with van der Waals surface area (Å²) in [7, 11) is 1.59. The van der Waals surface area contributed by atoms with Crippen LogP contribution in [-0.4, -0.2) is 64.3 Å². The number of fused-ring (bicyclic) bond motifs is 5. The lowest BCUT2D eigenvalue weighted by Gasteiger charge is -2.39. The van der Waals surface area contributed by atoms with Gasteiger partial charge in [0.05, 0.1) is 17.8 Å². The lowest BCUT2D eigenvalue weighted by Crippen LogP contribution is -2.61. The maximum Gasteiger partial charge on any atom is 0.319 e. The van der Waals surface area contributed by atoms with Gasteiger partial charge in [-0.3, -0.25) is 9.69 Å². The third-order valence-corrected chi connectivity index (χ3v) is 4.89. The maximum atomic E-state index is 12.0. The van der Waals surface area contributed by atoms with E-state index in [2.05, 4.69) is 15.5 Å². The second-order valence-electron chi connectivity index (χ2n) is 5.71. The normalized spacial score (nSPS) is 43.5. The van der Waals surface area contributed by atoms with Crippen molar-refractivity contribution >= 4 is 11.9 Å². The molecule has 0 bridgehead atoms. The Hall–Kier alpha value is -1.76. The molecular weight excluding hydrogens is 248 g/mol. The second-order valence-corrected chi connectivity index (χ2v) is 5.71.